The van der Waals surface area contributed by atoms with E-state index in [-0.39, 0.29) is 29.6 Å². The monoisotopic (exact) mass is 407 g/mol. The van der Waals surface area contributed by atoms with Gasteiger partial charge in [-0.05, 0) is 24.5 Å². The first-order valence-electron chi connectivity index (χ1n) is 9.51. The number of anilines is 1. The smallest absolute Gasteiger partial charge is 0.237 e. The summed E-state index contributed by atoms with van der Waals surface area (Å²) in [6.07, 6.45) is 1.99. The minimum absolute atomic E-state index is 0.000615. The molecule has 0 aliphatic heterocycles. The average Bonchev–Trinajstić information content (AvgIpc) is 3.39. The minimum Gasteiger partial charge on any atom is -0.300 e. The summed E-state index contributed by atoms with van der Waals surface area (Å²) in [5, 5.41) is 12.5. The molecule has 2 fully saturated rings. The second-order valence-electron chi connectivity index (χ2n) is 7.77. The number of carbonyl (C=O) groups excluding carboxylic acids is 2. The molecule has 3 aromatic rings. The first-order chi connectivity index (χ1) is 14.0. The Bertz CT molecular complexity index is 1100. The number of benzene rings is 2. The molecule has 2 aliphatic rings. The largest absolute Gasteiger partial charge is 0.300 e. The summed E-state index contributed by atoms with van der Waals surface area (Å²) in [5.74, 6) is -0.939. The van der Waals surface area contributed by atoms with Gasteiger partial charge in [-0.25, -0.2) is 4.39 Å². The number of nitrogens with one attached hydrogen (secondary N) is 1. The van der Waals surface area contributed by atoms with E-state index in [1.807, 2.05) is 18.2 Å². The summed E-state index contributed by atoms with van der Waals surface area (Å²) < 4.78 is 14.4. The summed E-state index contributed by atoms with van der Waals surface area (Å²) in [6.45, 7) is 0. The van der Waals surface area contributed by atoms with Gasteiger partial charge in [-0.1, -0.05) is 59.9 Å². The zero-order valence-corrected chi connectivity index (χ0v) is 16.3. The molecule has 2 saturated carbocycles. The normalized spacial score (nSPS) is 18.7. The first kappa shape index (κ1) is 18.1. The van der Waals surface area contributed by atoms with Gasteiger partial charge in [-0.3, -0.25) is 14.9 Å². The molecule has 1 amide bonds. The third kappa shape index (κ3) is 2.88. The molecule has 29 heavy (non-hydrogen) atoms. The van der Waals surface area contributed by atoms with Crippen LogP contribution in [0.4, 0.5) is 9.52 Å². The second-order valence-corrected chi connectivity index (χ2v) is 8.75. The maximum absolute atomic E-state index is 14.4. The molecule has 0 unspecified atom stereocenters. The molecule has 2 aromatic carbocycles. The molecule has 5 nitrogen and oxygen atoms in total. The number of Topliss-reactive ketones (excluding diaryl/α,β-unsaturated/α-hetero) is 1. The fraction of sp³-hybridized carbons (Fsp3) is 0.273. The number of amides is 1. The van der Waals surface area contributed by atoms with Gasteiger partial charge in [0.2, 0.25) is 11.0 Å². The third-order valence-corrected chi connectivity index (χ3v) is 7.00. The predicted molar refractivity (Wildman–Crippen MR) is 107 cm³/mol. The summed E-state index contributed by atoms with van der Waals surface area (Å²) in [5.41, 5.74) is 0.147. The Hall–Kier alpha value is -2.93. The highest BCUT2D eigenvalue weighted by atomic mass is 32.1. The number of rotatable bonds is 5. The van der Waals surface area contributed by atoms with Gasteiger partial charge in [0.05, 0.1) is 5.41 Å². The zero-order chi connectivity index (χ0) is 20.1. The van der Waals surface area contributed by atoms with Gasteiger partial charge in [0.15, 0.2) is 0 Å². The molecule has 0 bridgehead atoms. The molecule has 0 atom stereocenters. The molecule has 2 aliphatic carbocycles. The van der Waals surface area contributed by atoms with Crippen molar-refractivity contribution in [3.63, 3.8) is 0 Å². The van der Waals surface area contributed by atoms with Gasteiger partial charge in [0, 0.05) is 23.8 Å². The number of carbonyl (C=O) groups is 2. The highest BCUT2D eigenvalue weighted by Crippen LogP contribution is 2.54. The van der Waals surface area contributed by atoms with Crippen LogP contribution in [0, 0.1) is 5.82 Å². The minimum atomic E-state index is -1.18. The van der Waals surface area contributed by atoms with E-state index in [1.165, 1.54) is 23.0 Å². The fourth-order valence-electron chi connectivity index (χ4n) is 4.14. The fourth-order valence-corrected chi connectivity index (χ4v) is 5.14. The highest BCUT2D eigenvalue weighted by molar-refractivity contribution is 7.15. The average molecular weight is 407 g/mol. The van der Waals surface area contributed by atoms with Crippen LogP contribution in [0.1, 0.15) is 41.8 Å². The summed E-state index contributed by atoms with van der Waals surface area (Å²) in [4.78, 5) is 24.8. The molecular formula is C22H18FN3O2S. The van der Waals surface area contributed by atoms with Crippen LogP contribution >= 0.6 is 11.3 Å². The topological polar surface area (TPSA) is 72.0 Å². The molecule has 146 valence electrons. The number of halogens is 1. The first-order valence-corrected chi connectivity index (χ1v) is 10.3. The SMILES string of the molecule is O=C1CC(C(=O)Nc2nnc(C3(c4ccccc4)CC3)s2)(c2ccccc2F)C1. The van der Waals surface area contributed by atoms with E-state index >= 15 is 0 Å². The van der Waals surface area contributed by atoms with E-state index in [1.54, 1.807) is 18.2 Å². The molecule has 1 N–H and O–H groups in total. The Morgan fingerprint density at radius 1 is 1.00 bits per heavy atom. The van der Waals surface area contributed by atoms with Gasteiger partial charge in [-0.2, -0.15) is 0 Å². The van der Waals surface area contributed by atoms with Crippen molar-refractivity contribution >= 4 is 28.2 Å². The number of hydrogen-bond acceptors (Lipinski definition) is 5. The van der Waals surface area contributed by atoms with Gasteiger partial charge in [0.1, 0.15) is 16.6 Å². The summed E-state index contributed by atoms with van der Waals surface area (Å²) in [7, 11) is 0. The van der Waals surface area contributed by atoms with Crippen molar-refractivity contribution < 1.29 is 14.0 Å². The van der Waals surface area contributed by atoms with E-state index in [0.29, 0.717) is 5.13 Å². The Morgan fingerprint density at radius 3 is 2.34 bits per heavy atom. The Morgan fingerprint density at radius 2 is 1.69 bits per heavy atom. The van der Waals surface area contributed by atoms with Crippen molar-refractivity contribution in [3.05, 3.63) is 76.5 Å². The van der Waals surface area contributed by atoms with Crippen LogP contribution in [-0.2, 0) is 20.4 Å². The van der Waals surface area contributed by atoms with Gasteiger partial charge < -0.3 is 0 Å². The number of nitrogens with zero attached hydrogens (tertiary/aromatic N) is 2. The molecule has 0 saturated heterocycles. The molecule has 7 heteroatoms. The van der Waals surface area contributed by atoms with E-state index < -0.39 is 17.1 Å². The van der Waals surface area contributed by atoms with E-state index in [9.17, 15) is 14.0 Å². The number of ketones is 1. The molecule has 1 aromatic heterocycles. The van der Waals surface area contributed by atoms with Crippen molar-refractivity contribution in [2.24, 2.45) is 0 Å². The van der Waals surface area contributed by atoms with E-state index in [2.05, 4.69) is 27.6 Å². The number of aromatic nitrogens is 2. The number of hydrogen-bond donors (Lipinski definition) is 1. The quantitative estimate of drug-likeness (QED) is 0.694. The zero-order valence-electron chi connectivity index (χ0n) is 15.5. The van der Waals surface area contributed by atoms with Crippen LogP contribution in [0.5, 0.6) is 0 Å². The van der Waals surface area contributed by atoms with Crippen LogP contribution in [0.25, 0.3) is 0 Å². The van der Waals surface area contributed by atoms with Crippen LogP contribution in [0.3, 0.4) is 0 Å². The predicted octanol–water partition coefficient (Wildman–Crippen LogP) is 4.00. The van der Waals surface area contributed by atoms with Gasteiger partial charge in [0.25, 0.3) is 0 Å². The second kappa shape index (κ2) is 6.56. The van der Waals surface area contributed by atoms with Crippen molar-refractivity contribution in [2.45, 2.75) is 36.5 Å². The van der Waals surface area contributed by atoms with Crippen molar-refractivity contribution in [2.75, 3.05) is 5.32 Å². The lowest BCUT2D eigenvalue weighted by molar-refractivity contribution is -0.138. The maximum atomic E-state index is 14.4. The van der Waals surface area contributed by atoms with Crippen LogP contribution in [0.2, 0.25) is 0 Å². The van der Waals surface area contributed by atoms with Crippen molar-refractivity contribution in [1.29, 1.82) is 0 Å². The standard InChI is InChI=1S/C22H18FN3O2S/c23-17-9-5-4-8-16(17)22(12-15(27)13-22)18(28)24-20-26-25-19(29-20)21(10-11-21)14-6-2-1-3-7-14/h1-9H,10-13H2,(H,24,26,28). The van der Waals surface area contributed by atoms with E-state index in [4.69, 9.17) is 0 Å². The Kier molecular flexibility index (Phi) is 4.10. The molecule has 5 rings (SSSR count). The van der Waals surface area contributed by atoms with Crippen LogP contribution in [-0.4, -0.2) is 21.9 Å². The molecule has 0 spiro atoms. The lowest BCUT2D eigenvalue weighted by Crippen LogP contribution is -2.51. The van der Waals surface area contributed by atoms with Crippen molar-refractivity contribution in [3.8, 4) is 0 Å². The van der Waals surface area contributed by atoms with E-state index in [0.717, 1.165) is 17.8 Å². The van der Waals surface area contributed by atoms with Crippen LogP contribution in [0.15, 0.2) is 54.6 Å². The lowest BCUT2D eigenvalue weighted by atomic mass is 9.63. The summed E-state index contributed by atoms with van der Waals surface area (Å²) >= 11 is 1.34. The van der Waals surface area contributed by atoms with Gasteiger partial charge >= 0.3 is 0 Å². The molecule has 0 radical (unpaired) electrons. The molecule has 1 heterocycles. The highest BCUT2D eigenvalue weighted by Gasteiger charge is 2.53. The Labute approximate surface area is 171 Å². The summed E-state index contributed by atoms with van der Waals surface area (Å²) in [6, 6.07) is 16.3. The van der Waals surface area contributed by atoms with Crippen molar-refractivity contribution in [1.82, 2.24) is 10.2 Å². The lowest BCUT2D eigenvalue weighted by Gasteiger charge is -2.39. The Balaban J connectivity index is 1.41. The molecular weight excluding hydrogens is 389 g/mol. The maximum Gasteiger partial charge on any atom is 0.237 e. The van der Waals surface area contributed by atoms with Gasteiger partial charge in [-0.15, -0.1) is 10.2 Å². The third-order valence-electron chi connectivity index (χ3n) is 5.95. The van der Waals surface area contributed by atoms with Crippen LogP contribution < -0.4 is 5.32 Å².